The SMILES string of the molecule is CC1CCc2c(sc(N(CCC(=O)O)CC(=O)O)c2C#N)C1. The van der Waals surface area contributed by atoms with Gasteiger partial charge in [0.15, 0.2) is 0 Å². The highest BCUT2D eigenvalue weighted by molar-refractivity contribution is 7.16. The van der Waals surface area contributed by atoms with Crippen LogP contribution >= 0.6 is 11.3 Å². The summed E-state index contributed by atoms with van der Waals surface area (Å²) in [5, 5.41) is 27.9. The fourth-order valence-electron chi connectivity index (χ4n) is 2.72. The Kier molecular flexibility index (Phi) is 5.03. The van der Waals surface area contributed by atoms with Crippen LogP contribution in [0.25, 0.3) is 0 Å². The highest BCUT2D eigenvalue weighted by Crippen LogP contribution is 2.41. The fraction of sp³-hybridized carbons (Fsp3) is 0.533. The first-order valence-corrected chi connectivity index (χ1v) is 7.97. The van der Waals surface area contributed by atoms with E-state index in [1.807, 2.05) is 0 Å². The van der Waals surface area contributed by atoms with Gasteiger partial charge < -0.3 is 15.1 Å². The second kappa shape index (κ2) is 6.79. The van der Waals surface area contributed by atoms with Crippen LogP contribution in [-0.2, 0) is 22.4 Å². The summed E-state index contributed by atoms with van der Waals surface area (Å²) >= 11 is 1.44. The number of rotatable bonds is 6. The third-order valence-corrected chi connectivity index (χ3v) is 5.13. The van der Waals surface area contributed by atoms with E-state index in [1.54, 1.807) is 0 Å². The highest BCUT2D eigenvalue weighted by atomic mass is 32.1. The Labute approximate surface area is 132 Å². The van der Waals surface area contributed by atoms with Crippen LogP contribution in [0.15, 0.2) is 0 Å². The molecule has 0 aliphatic heterocycles. The molecule has 0 aromatic carbocycles. The maximum Gasteiger partial charge on any atom is 0.323 e. The zero-order valence-corrected chi connectivity index (χ0v) is 13.2. The highest BCUT2D eigenvalue weighted by Gasteiger charge is 2.27. The van der Waals surface area contributed by atoms with Gasteiger partial charge in [-0.05, 0) is 30.7 Å². The zero-order chi connectivity index (χ0) is 16.3. The lowest BCUT2D eigenvalue weighted by atomic mass is 9.88. The molecule has 0 spiro atoms. The molecule has 118 valence electrons. The van der Waals surface area contributed by atoms with Crippen molar-refractivity contribution in [2.75, 3.05) is 18.0 Å². The van der Waals surface area contributed by atoms with Gasteiger partial charge >= 0.3 is 11.9 Å². The van der Waals surface area contributed by atoms with Crippen LogP contribution in [0, 0.1) is 17.2 Å². The molecule has 0 fully saturated rings. The van der Waals surface area contributed by atoms with Gasteiger partial charge in [-0.1, -0.05) is 6.92 Å². The summed E-state index contributed by atoms with van der Waals surface area (Å²) in [4.78, 5) is 24.5. The van der Waals surface area contributed by atoms with E-state index < -0.39 is 11.9 Å². The van der Waals surface area contributed by atoms with Crippen LogP contribution in [-0.4, -0.2) is 35.2 Å². The summed E-state index contributed by atoms with van der Waals surface area (Å²) in [6.07, 6.45) is 2.59. The van der Waals surface area contributed by atoms with Crippen molar-refractivity contribution in [1.29, 1.82) is 5.26 Å². The minimum Gasteiger partial charge on any atom is -0.481 e. The molecule has 1 unspecified atom stereocenters. The number of thiophene rings is 1. The molecule has 0 saturated carbocycles. The van der Waals surface area contributed by atoms with Crippen molar-refractivity contribution in [3.05, 3.63) is 16.0 Å². The molecule has 1 aliphatic carbocycles. The lowest BCUT2D eigenvalue weighted by Crippen LogP contribution is -2.31. The van der Waals surface area contributed by atoms with E-state index in [-0.39, 0.29) is 19.5 Å². The number of hydrogen-bond acceptors (Lipinski definition) is 5. The summed E-state index contributed by atoms with van der Waals surface area (Å²) in [5.74, 6) is -1.46. The molecule has 0 radical (unpaired) electrons. The van der Waals surface area contributed by atoms with Gasteiger partial charge in [0.05, 0.1) is 12.0 Å². The topological polar surface area (TPSA) is 102 Å². The van der Waals surface area contributed by atoms with Crippen LogP contribution in [0.5, 0.6) is 0 Å². The number of carboxylic acid groups (broad SMARTS) is 2. The Morgan fingerprint density at radius 2 is 2.14 bits per heavy atom. The van der Waals surface area contributed by atoms with E-state index in [0.717, 1.165) is 29.7 Å². The predicted molar refractivity (Wildman–Crippen MR) is 82.3 cm³/mol. The van der Waals surface area contributed by atoms with Crippen LogP contribution in [0.2, 0.25) is 0 Å². The van der Waals surface area contributed by atoms with Crippen molar-refractivity contribution in [3.63, 3.8) is 0 Å². The summed E-state index contributed by atoms with van der Waals surface area (Å²) in [7, 11) is 0. The Hall–Kier alpha value is -2.07. The monoisotopic (exact) mass is 322 g/mol. The number of hydrogen-bond donors (Lipinski definition) is 2. The molecule has 1 aromatic rings. The number of nitriles is 1. The maximum absolute atomic E-state index is 11.1. The molecule has 0 amide bonds. The van der Waals surface area contributed by atoms with Crippen molar-refractivity contribution >= 4 is 28.3 Å². The minimum atomic E-state index is -1.03. The molecule has 0 saturated heterocycles. The van der Waals surface area contributed by atoms with Crippen molar-refractivity contribution in [2.24, 2.45) is 5.92 Å². The lowest BCUT2D eigenvalue weighted by molar-refractivity contribution is -0.138. The number of fused-ring (bicyclic) bond motifs is 1. The van der Waals surface area contributed by atoms with Gasteiger partial charge in [0.2, 0.25) is 0 Å². The second-order valence-electron chi connectivity index (χ2n) is 5.60. The first-order chi connectivity index (χ1) is 10.4. The quantitative estimate of drug-likeness (QED) is 0.831. The molecule has 6 nitrogen and oxygen atoms in total. The third-order valence-electron chi connectivity index (χ3n) is 3.81. The number of nitrogens with zero attached hydrogens (tertiary/aromatic N) is 2. The van der Waals surface area contributed by atoms with Crippen molar-refractivity contribution in [1.82, 2.24) is 0 Å². The summed E-state index contributed by atoms with van der Waals surface area (Å²) in [6, 6.07) is 2.19. The van der Waals surface area contributed by atoms with E-state index in [4.69, 9.17) is 10.2 Å². The van der Waals surface area contributed by atoms with Gasteiger partial charge in [0, 0.05) is 11.4 Å². The summed E-state index contributed by atoms with van der Waals surface area (Å²) < 4.78 is 0. The lowest BCUT2D eigenvalue weighted by Gasteiger charge is -2.20. The Morgan fingerprint density at radius 3 is 2.73 bits per heavy atom. The average molecular weight is 322 g/mol. The Balaban J connectivity index is 2.36. The summed E-state index contributed by atoms with van der Waals surface area (Å²) in [5.41, 5.74) is 1.55. The Morgan fingerprint density at radius 1 is 1.41 bits per heavy atom. The van der Waals surface area contributed by atoms with E-state index in [1.165, 1.54) is 16.2 Å². The molecule has 1 atom stereocenters. The zero-order valence-electron chi connectivity index (χ0n) is 12.3. The standard InChI is InChI=1S/C15H18N2O4S/c1-9-2-3-10-11(7-16)15(22-12(10)6-9)17(8-14(20)21)5-4-13(18)19/h9H,2-6,8H2,1H3,(H,18,19)(H,20,21). The number of anilines is 1. The van der Waals surface area contributed by atoms with Gasteiger partial charge in [-0.25, -0.2) is 0 Å². The van der Waals surface area contributed by atoms with E-state index in [0.29, 0.717) is 16.5 Å². The smallest absolute Gasteiger partial charge is 0.323 e. The van der Waals surface area contributed by atoms with Crippen molar-refractivity contribution in [3.8, 4) is 6.07 Å². The first-order valence-electron chi connectivity index (χ1n) is 7.15. The maximum atomic E-state index is 11.1. The minimum absolute atomic E-state index is 0.0886. The van der Waals surface area contributed by atoms with Crippen LogP contribution < -0.4 is 4.90 Å². The van der Waals surface area contributed by atoms with Crippen molar-refractivity contribution < 1.29 is 19.8 Å². The van der Waals surface area contributed by atoms with Crippen LogP contribution in [0.1, 0.15) is 35.8 Å². The van der Waals surface area contributed by atoms with Gasteiger partial charge in [0.25, 0.3) is 0 Å². The van der Waals surface area contributed by atoms with Crippen molar-refractivity contribution in [2.45, 2.75) is 32.6 Å². The number of carboxylic acids is 2. The van der Waals surface area contributed by atoms with E-state index >= 15 is 0 Å². The second-order valence-corrected chi connectivity index (χ2v) is 6.69. The molecular formula is C15H18N2O4S. The Bertz CT molecular complexity index is 632. The number of aliphatic carboxylic acids is 2. The fourth-order valence-corrected chi connectivity index (χ4v) is 4.21. The largest absolute Gasteiger partial charge is 0.481 e. The predicted octanol–water partition coefficient (Wildman–Crippen LogP) is 2.11. The first kappa shape index (κ1) is 16.3. The molecule has 1 aliphatic rings. The van der Waals surface area contributed by atoms with Gasteiger partial charge in [-0.3, -0.25) is 9.59 Å². The van der Waals surface area contributed by atoms with Gasteiger partial charge in [-0.2, -0.15) is 5.26 Å². The molecule has 7 heteroatoms. The van der Waals surface area contributed by atoms with Crippen LogP contribution in [0.4, 0.5) is 5.00 Å². The normalized spacial score (nSPS) is 16.6. The van der Waals surface area contributed by atoms with E-state index in [2.05, 4.69) is 13.0 Å². The average Bonchev–Trinajstić information content (AvgIpc) is 2.80. The van der Waals surface area contributed by atoms with Crippen LogP contribution in [0.3, 0.4) is 0 Å². The van der Waals surface area contributed by atoms with Gasteiger partial charge in [-0.15, -0.1) is 11.3 Å². The van der Waals surface area contributed by atoms with Gasteiger partial charge in [0.1, 0.15) is 17.6 Å². The van der Waals surface area contributed by atoms with E-state index in [9.17, 15) is 14.9 Å². The molecule has 22 heavy (non-hydrogen) atoms. The molecule has 2 N–H and O–H groups in total. The molecule has 2 rings (SSSR count). The molecular weight excluding hydrogens is 304 g/mol. The summed E-state index contributed by atoms with van der Waals surface area (Å²) in [6.45, 7) is 1.95. The molecule has 1 heterocycles. The molecule has 0 bridgehead atoms. The number of carbonyl (C=O) groups is 2. The molecule has 1 aromatic heterocycles. The third kappa shape index (κ3) is 3.57.